The van der Waals surface area contributed by atoms with E-state index >= 15 is 0 Å². The number of nitrogens with one attached hydrogen (secondary N) is 2. The summed E-state index contributed by atoms with van der Waals surface area (Å²) in [5.74, 6) is -0.0987. The van der Waals surface area contributed by atoms with E-state index in [0.717, 1.165) is 22.4 Å². The lowest BCUT2D eigenvalue weighted by molar-refractivity contribution is -0.384. The van der Waals surface area contributed by atoms with Crippen LogP contribution < -0.4 is 14.8 Å². The number of hydrogen-bond donors (Lipinski definition) is 2. The van der Waals surface area contributed by atoms with Crippen molar-refractivity contribution in [2.24, 2.45) is 0 Å². The molecule has 0 saturated heterocycles. The minimum Gasteiger partial charge on any atom is -0.497 e. The predicted octanol–water partition coefficient (Wildman–Crippen LogP) is 2.79. The van der Waals surface area contributed by atoms with Crippen LogP contribution in [0.15, 0.2) is 52.7 Å². The summed E-state index contributed by atoms with van der Waals surface area (Å²) >= 11 is 1.37. The van der Waals surface area contributed by atoms with Crippen LogP contribution in [0.25, 0.3) is 10.6 Å². The molecule has 33 heavy (non-hydrogen) atoms. The molecule has 0 spiro atoms. The highest BCUT2D eigenvalue weighted by molar-refractivity contribution is 7.89. The molecule has 0 saturated carbocycles. The Morgan fingerprint density at radius 3 is 2.58 bits per heavy atom. The third kappa shape index (κ3) is 6.03. The van der Waals surface area contributed by atoms with Crippen LogP contribution >= 0.6 is 11.3 Å². The molecular weight excluding hydrogens is 472 g/mol. The number of hydrogen-bond acceptors (Lipinski definition) is 10. The molecule has 11 nitrogen and oxygen atoms in total. The number of methoxy groups -OCH3 is 1. The zero-order valence-electron chi connectivity index (χ0n) is 17.6. The molecule has 2 N–H and O–H groups in total. The minimum absolute atomic E-state index is 0.129. The highest BCUT2D eigenvalue weighted by Crippen LogP contribution is 2.27. The van der Waals surface area contributed by atoms with E-state index in [1.165, 1.54) is 30.5 Å². The summed E-state index contributed by atoms with van der Waals surface area (Å²) in [7, 11) is -1.11. The van der Waals surface area contributed by atoms with Crippen LogP contribution in [0.1, 0.15) is 5.69 Å². The van der Waals surface area contributed by atoms with Gasteiger partial charge in [0.15, 0.2) is 0 Å². The smallest absolute Gasteiger partial charge is 0.321 e. The second-order valence-corrected chi connectivity index (χ2v) is 9.17. The number of rotatable bonds is 10. The Labute approximate surface area is 193 Å². The number of thiazole rings is 1. The molecule has 3 aromatic rings. The lowest BCUT2D eigenvalue weighted by Gasteiger charge is -2.08. The molecule has 1 heterocycles. The zero-order valence-corrected chi connectivity index (χ0v) is 19.2. The monoisotopic (exact) mass is 492 g/mol. The fraction of sp³-hybridized carbons (Fsp3) is 0.200. The summed E-state index contributed by atoms with van der Waals surface area (Å²) in [6.45, 7) is -0.769. The Morgan fingerprint density at radius 2 is 1.94 bits per heavy atom. The van der Waals surface area contributed by atoms with Gasteiger partial charge in [-0.15, -0.1) is 11.3 Å². The van der Waals surface area contributed by atoms with Crippen molar-refractivity contribution in [3.05, 3.63) is 63.7 Å². The van der Waals surface area contributed by atoms with E-state index in [1.54, 1.807) is 12.5 Å². The molecule has 0 bridgehead atoms. The average molecular weight is 493 g/mol. The van der Waals surface area contributed by atoms with E-state index in [4.69, 9.17) is 9.47 Å². The van der Waals surface area contributed by atoms with Crippen molar-refractivity contribution in [3.63, 3.8) is 0 Å². The standard InChI is InChI=1S/C20H20N4O7S2/c1-21-17-8-7-16(9-18(17)24(26)27)33(28,29)22-10-19(25)31-11-14-12-32-20(23-14)13-3-5-15(30-2)6-4-13/h3-9,12,21-22H,10-11H2,1-2H3. The lowest BCUT2D eigenvalue weighted by Crippen LogP contribution is -2.30. The molecule has 1 aromatic heterocycles. The topological polar surface area (TPSA) is 150 Å². The highest BCUT2D eigenvalue weighted by Gasteiger charge is 2.22. The van der Waals surface area contributed by atoms with Gasteiger partial charge in [0, 0.05) is 24.1 Å². The van der Waals surface area contributed by atoms with Crippen LogP contribution in [0.2, 0.25) is 0 Å². The molecule has 2 aromatic carbocycles. The summed E-state index contributed by atoms with van der Waals surface area (Å²) in [6, 6.07) is 10.7. The van der Waals surface area contributed by atoms with Crippen LogP contribution in [0.4, 0.5) is 11.4 Å². The quantitative estimate of drug-likeness (QED) is 0.247. The van der Waals surface area contributed by atoms with Gasteiger partial charge in [-0.05, 0) is 36.4 Å². The second-order valence-electron chi connectivity index (χ2n) is 6.54. The van der Waals surface area contributed by atoms with Crippen molar-refractivity contribution in [1.29, 1.82) is 0 Å². The Bertz CT molecular complexity index is 1260. The predicted molar refractivity (Wildman–Crippen MR) is 122 cm³/mol. The molecule has 13 heteroatoms. The Hall–Kier alpha value is -3.55. The molecular formula is C20H20N4O7S2. The maximum absolute atomic E-state index is 12.4. The minimum atomic E-state index is -4.16. The Kier molecular flexibility index (Phi) is 7.58. The molecule has 3 rings (SSSR count). The number of carbonyl (C=O) groups is 1. The van der Waals surface area contributed by atoms with Gasteiger partial charge >= 0.3 is 5.97 Å². The summed E-state index contributed by atoms with van der Waals surface area (Å²) < 4.78 is 37.1. The normalized spacial score (nSPS) is 11.1. The highest BCUT2D eigenvalue weighted by atomic mass is 32.2. The molecule has 0 unspecified atom stereocenters. The van der Waals surface area contributed by atoms with Gasteiger partial charge in [-0.2, -0.15) is 4.72 Å². The molecule has 174 valence electrons. The summed E-state index contributed by atoms with van der Waals surface area (Å²) in [5.41, 5.74) is 1.15. The van der Waals surface area contributed by atoms with Gasteiger partial charge in [-0.25, -0.2) is 13.4 Å². The average Bonchev–Trinajstić information content (AvgIpc) is 3.30. The summed E-state index contributed by atoms with van der Waals surface area (Å²) in [5, 5.41) is 16.2. The first kappa shape index (κ1) is 24.1. The van der Waals surface area contributed by atoms with E-state index < -0.39 is 33.1 Å². The molecule has 0 radical (unpaired) electrons. The van der Waals surface area contributed by atoms with E-state index in [-0.39, 0.29) is 17.2 Å². The summed E-state index contributed by atoms with van der Waals surface area (Å²) in [4.78, 5) is 26.5. The van der Waals surface area contributed by atoms with E-state index in [1.807, 2.05) is 24.3 Å². The number of sulfonamides is 1. The van der Waals surface area contributed by atoms with Crippen molar-refractivity contribution in [2.75, 3.05) is 26.0 Å². The van der Waals surface area contributed by atoms with Gasteiger partial charge < -0.3 is 14.8 Å². The van der Waals surface area contributed by atoms with Gasteiger partial charge in [0.1, 0.15) is 29.6 Å². The van der Waals surface area contributed by atoms with Crippen molar-refractivity contribution in [3.8, 4) is 16.3 Å². The Morgan fingerprint density at radius 1 is 1.21 bits per heavy atom. The van der Waals surface area contributed by atoms with Crippen molar-refractivity contribution >= 4 is 38.7 Å². The van der Waals surface area contributed by atoms with Crippen LogP contribution in [0, 0.1) is 10.1 Å². The van der Waals surface area contributed by atoms with Gasteiger partial charge in [-0.3, -0.25) is 14.9 Å². The number of nitro groups is 1. The first-order valence-electron chi connectivity index (χ1n) is 9.44. The van der Waals surface area contributed by atoms with Gasteiger partial charge in [0.2, 0.25) is 10.0 Å². The zero-order chi connectivity index (χ0) is 24.0. The van der Waals surface area contributed by atoms with Crippen molar-refractivity contribution in [2.45, 2.75) is 11.5 Å². The first-order chi connectivity index (χ1) is 15.7. The SMILES string of the molecule is CNc1ccc(S(=O)(=O)NCC(=O)OCc2csc(-c3ccc(OC)cc3)n2)cc1[N+](=O)[O-]. The fourth-order valence-electron chi connectivity index (χ4n) is 2.72. The number of anilines is 1. The van der Waals surface area contributed by atoms with Gasteiger partial charge in [0.05, 0.1) is 22.6 Å². The van der Waals surface area contributed by atoms with Gasteiger partial charge in [0.25, 0.3) is 5.69 Å². The van der Waals surface area contributed by atoms with Crippen LogP contribution in [-0.4, -0.2) is 45.0 Å². The number of esters is 1. The molecule has 0 amide bonds. The largest absolute Gasteiger partial charge is 0.497 e. The molecule has 0 atom stereocenters. The van der Waals surface area contributed by atoms with Crippen LogP contribution in [0.3, 0.4) is 0 Å². The molecule has 0 aliphatic heterocycles. The van der Waals surface area contributed by atoms with Gasteiger partial charge in [-0.1, -0.05) is 0 Å². The first-order valence-corrected chi connectivity index (χ1v) is 11.8. The number of ether oxygens (including phenoxy) is 2. The fourth-order valence-corrected chi connectivity index (χ4v) is 4.52. The van der Waals surface area contributed by atoms with E-state index in [0.29, 0.717) is 5.69 Å². The van der Waals surface area contributed by atoms with E-state index in [2.05, 4.69) is 15.0 Å². The maximum Gasteiger partial charge on any atom is 0.321 e. The third-order valence-electron chi connectivity index (χ3n) is 4.42. The molecule has 0 aliphatic carbocycles. The van der Waals surface area contributed by atoms with Crippen molar-refractivity contribution in [1.82, 2.24) is 9.71 Å². The number of aromatic nitrogens is 1. The maximum atomic E-state index is 12.4. The molecule has 0 fully saturated rings. The Balaban J connectivity index is 1.56. The van der Waals surface area contributed by atoms with Crippen molar-refractivity contribution < 1.29 is 27.6 Å². The van der Waals surface area contributed by atoms with Crippen LogP contribution in [0.5, 0.6) is 5.75 Å². The van der Waals surface area contributed by atoms with Crippen LogP contribution in [-0.2, 0) is 26.2 Å². The van der Waals surface area contributed by atoms with E-state index in [9.17, 15) is 23.3 Å². The third-order valence-corrected chi connectivity index (χ3v) is 6.76. The second kappa shape index (κ2) is 10.4. The molecule has 0 aliphatic rings. The number of nitrogens with zero attached hydrogens (tertiary/aromatic N) is 2. The number of carbonyl (C=O) groups excluding carboxylic acids is 1. The lowest BCUT2D eigenvalue weighted by atomic mass is 10.2. The number of nitro benzene ring substituents is 1. The summed E-state index contributed by atoms with van der Waals surface area (Å²) in [6.07, 6.45) is 0. The number of benzene rings is 2.